The van der Waals surface area contributed by atoms with Crippen LogP contribution in [0.25, 0.3) is 0 Å². The van der Waals surface area contributed by atoms with Gasteiger partial charge in [0.15, 0.2) is 0 Å². The molecule has 3 aromatic rings. The van der Waals surface area contributed by atoms with Crippen LogP contribution in [0.3, 0.4) is 0 Å². The number of nitrogens with two attached hydrogens (primary N) is 2. The molecule has 2 aliphatic carbocycles. The van der Waals surface area contributed by atoms with Crippen molar-refractivity contribution in [3.8, 4) is 0 Å². The lowest BCUT2D eigenvalue weighted by Crippen LogP contribution is -2.25. The summed E-state index contributed by atoms with van der Waals surface area (Å²) >= 11 is 0. The molecule has 0 saturated heterocycles. The van der Waals surface area contributed by atoms with Gasteiger partial charge in [-0.2, -0.15) is 13.2 Å². The minimum Gasteiger partial charge on any atom is -0.383 e. The van der Waals surface area contributed by atoms with Crippen LogP contribution in [-0.2, 0) is 11.0 Å². The van der Waals surface area contributed by atoms with Gasteiger partial charge in [0, 0.05) is 36.0 Å². The summed E-state index contributed by atoms with van der Waals surface area (Å²) in [5.41, 5.74) is 11.2. The van der Waals surface area contributed by atoms with Crippen molar-refractivity contribution >= 4 is 35.0 Å². The maximum atomic E-state index is 12.9. The number of anilines is 3. The molecule has 258 valence electrons. The third kappa shape index (κ3) is 11.4. The SMILES string of the molecule is CC.CN(C/C=C/C(N)=O)C1CC1.N=C(c1ccc(C(=O)Nc2cc(C(F)(F)F)ccn2)cc1)c1c(N)ncnc1NC1CCCCC1. The van der Waals surface area contributed by atoms with Gasteiger partial charge in [0.1, 0.15) is 23.8 Å². The number of hydrogen-bond acceptors (Lipinski definition) is 9. The summed E-state index contributed by atoms with van der Waals surface area (Å²) < 4.78 is 38.7. The van der Waals surface area contributed by atoms with Crippen molar-refractivity contribution in [2.24, 2.45) is 5.73 Å². The summed E-state index contributed by atoms with van der Waals surface area (Å²) in [7, 11) is 2.06. The van der Waals surface area contributed by atoms with E-state index < -0.39 is 17.6 Å². The fourth-order valence-corrected chi connectivity index (χ4v) is 4.99. The quantitative estimate of drug-likeness (QED) is 0.129. The Balaban J connectivity index is 0.000000405. The second-order valence-electron chi connectivity index (χ2n) is 11.3. The third-order valence-electron chi connectivity index (χ3n) is 7.68. The Morgan fingerprint density at radius 1 is 1.00 bits per heavy atom. The van der Waals surface area contributed by atoms with Crippen molar-refractivity contribution in [3.63, 3.8) is 0 Å². The Bertz CT molecular complexity index is 1550. The highest BCUT2D eigenvalue weighted by Gasteiger charge is 2.31. The Morgan fingerprint density at radius 2 is 1.65 bits per heavy atom. The first kappa shape index (κ1) is 37.6. The van der Waals surface area contributed by atoms with E-state index in [9.17, 15) is 22.8 Å². The summed E-state index contributed by atoms with van der Waals surface area (Å²) in [5, 5.41) is 14.4. The number of halogens is 3. The molecule has 2 fully saturated rings. The lowest BCUT2D eigenvalue weighted by Gasteiger charge is -2.24. The molecule has 7 N–H and O–H groups in total. The topological polar surface area (TPSA) is 176 Å². The maximum absolute atomic E-state index is 12.9. The normalized spacial score (nSPS) is 14.7. The second kappa shape index (κ2) is 17.9. The molecule has 0 radical (unpaired) electrons. The van der Waals surface area contributed by atoms with Crippen LogP contribution in [0.5, 0.6) is 0 Å². The van der Waals surface area contributed by atoms with Gasteiger partial charge in [0.25, 0.3) is 5.91 Å². The van der Waals surface area contributed by atoms with Crippen LogP contribution in [0.1, 0.15) is 85.8 Å². The summed E-state index contributed by atoms with van der Waals surface area (Å²) in [6.07, 6.45) is 9.09. The lowest BCUT2D eigenvalue weighted by molar-refractivity contribution is -0.137. The number of rotatable bonds is 10. The molecule has 0 aliphatic heterocycles. The van der Waals surface area contributed by atoms with Crippen molar-refractivity contribution in [2.75, 3.05) is 30.0 Å². The second-order valence-corrected chi connectivity index (χ2v) is 11.3. The van der Waals surface area contributed by atoms with Gasteiger partial charge in [-0.25, -0.2) is 15.0 Å². The molecule has 1 aromatic carbocycles. The first-order chi connectivity index (χ1) is 22.9. The molecule has 14 heteroatoms. The summed E-state index contributed by atoms with van der Waals surface area (Å²) in [5.74, 6) is -0.548. The number of benzene rings is 1. The highest BCUT2D eigenvalue weighted by Crippen LogP contribution is 2.30. The molecule has 0 bridgehead atoms. The largest absolute Gasteiger partial charge is 0.416 e. The van der Waals surface area contributed by atoms with E-state index in [1.807, 2.05) is 13.8 Å². The molecule has 0 unspecified atom stereocenters. The fourth-order valence-electron chi connectivity index (χ4n) is 4.99. The molecular weight excluding hydrogens is 623 g/mol. The average Bonchev–Trinajstić information content (AvgIpc) is 3.92. The first-order valence-corrected chi connectivity index (χ1v) is 16.0. The Morgan fingerprint density at radius 3 is 2.25 bits per heavy atom. The van der Waals surface area contributed by atoms with Crippen LogP contribution in [0, 0.1) is 5.41 Å². The smallest absolute Gasteiger partial charge is 0.383 e. The zero-order valence-electron chi connectivity index (χ0n) is 27.5. The van der Waals surface area contributed by atoms with Crippen LogP contribution in [0.15, 0.2) is 61.1 Å². The van der Waals surface area contributed by atoms with E-state index in [-0.39, 0.29) is 34.9 Å². The monoisotopic (exact) mass is 667 g/mol. The van der Waals surface area contributed by atoms with E-state index in [0.29, 0.717) is 16.9 Å². The van der Waals surface area contributed by atoms with Gasteiger partial charge < -0.3 is 22.1 Å². The molecule has 2 saturated carbocycles. The molecule has 2 aromatic heterocycles. The average molecular weight is 668 g/mol. The summed E-state index contributed by atoms with van der Waals surface area (Å²) in [4.78, 5) is 37.1. The van der Waals surface area contributed by atoms with Gasteiger partial charge >= 0.3 is 6.18 Å². The zero-order chi connectivity index (χ0) is 35.3. The number of nitrogens with one attached hydrogen (secondary N) is 3. The highest BCUT2D eigenvalue weighted by atomic mass is 19.4. The minimum absolute atomic E-state index is 0.0907. The van der Waals surface area contributed by atoms with Crippen LogP contribution in [0.4, 0.5) is 30.6 Å². The number of primary amides is 1. The van der Waals surface area contributed by atoms with E-state index in [1.165, 1.54) is 43.8 Å². The number of alkyl halides is 3. The number of aromatic nitrogens is 3. The number of carbonyl (C=O) groups is 2. The zero-order valence-corrected chi connectivity index (χ0v) is 27.5. The molecule has 48 heavy (non-hydrogen) atoms. The molecule has 2 amide bonds. The number of likely N-dealkylation sites (N-methyl/N-ethyl adjacent to an activating group) is 1. The number of amides is 2. The number of pyridine rings is 1. The fraction of sp³-hybridized carbons (Fsp3) is 0.412. The molecule has 11 nitrogen and oxygen atoms in total. The van der Waals surface area contributed by atoms with E-state index >= 15 is 0 Å². The van der Waals surface area contributed by atoms with E-state index in [1.54, 1.807) is 18.2 Å². The predicted molar refractivity (Wildman–Crippen MR) is 182 cm³/mol. The van der Waals surface area contributed by atoms with Gasteiger partial charge in [-0.15, -0.1) is 0 Å². The van der Waals surface area contributed by atoms with Gasteiger partial charge in [-0.05, 0) is 63.1 Å². The Labute approximate surface area is 278 Å². The number of nitrogen functional groups attached to an aromatic ring is 1. The van der Waals surface area contributed by atoms with Crippen LogP contribution < -0.4 is 22.1 Å². The number of nitrogens with zero attached hydrogens (tertiary/aromatic N) is 4. The van der Waals surface area contributed by atoms with Crippen molar-refractivity contribution in [3.05, 3.63) is 83.3 Å². The van der Waals surface area contributed by atoms with Crippen molar-refractivity contribution < 1.29 is 22.8 Å². The van der Waals surface area contributed by atoms with E-state index in [4.69, 9.17) is 16.9 Å². The lowest BCUT2D eigenvalue weighted by atomic mass is 9.95. The van der Waals surface area contributed by atoms with Gasteiger partial charge in [0.2, 0.25) is 5.91 Å². The number of carbonyl (C=O) groups excluding carboxylic acids is 2. The molecule has 2 aliphatic rings. The molecule has 0 atom stereocenters. The molecule has 5 rings (SSSR count). The molecular formula is C34H44F3N9O2. The van der Waals surface area contributed by atoms with Crippen molar-refractivity contribution in [2.45, 2.75) is 77.1 Å². The van der Waals surface area contributed by atoms with Crippen LogP contribution in [-0.4, -0.2) is 63.1 Å². The molecule has 0 spiro atoms. The maximum Gasteiger partial charge on any atom is 0.416 e. The number of hydrogen-bond donors (Lipinski definition) is 5. The first-order valence-electron chi connectivity index (χ1n) is 16.0. The summed E-state index contributed by atoms with van der Waals surface area (Å²) in [6, 6.07) is 8.66. The minimum atomic E-state index is -4.54. The Hall–Kier alpha value is -4.85. The third-order valence-corrected chi connectivity index (χ3v) is 7.68. The van der Waals surface area contributed by atoms with E-state index in [2.05, 4.69) is 37.5 Å². The molecule has 2 heterocycles. The van der Waals surface area contributed by atoms with Crippen molar-refractivity contribution in [1.82, 2.24) is 19.9 Å². The van der Waals surface area contributed by atoms with Crippen molar-refractivity contribution in [1.29, 1.82) is 5.41 Å². The standard InChI is InChI=1S/C24H24F3N7O.C8H14N2O.C2H6/c25-24(26,27)16-10-11-30-18(12-16)34-23(35)15-8-6-14(7-9-15)20(28)19-21(29)31-13-32-22(19)33-17-4-2-1-3-5-17;1-10(7-4-5-7)6-2-3-8(9)11;1-2/h6-13,17,28H,1-5H2,(H,30,34,35)(H3,29,31,32,33);2-3,7H,4-6H2,1H3,(H2,9,11);1-2H3/b;3-2+;. The van der Waals surface area contributed by atoms with Crippen LogP contribution in [0.2, 0.25) is 0 Å². The Kier molecular flexibility index (Phi) is 14.0. The van der Waals surface area contributed by atoms with Gasteiger partial charge in [-0.3, -0.25) is 19.9 Å². The predicted octanol–water partition coefficient (Wildman–Crippen LogP) is 6.03. The van der Waals surface area contributed by atoms with Crippen LogP contribution >= 0.6 is 0 Å². The van der Waals surface area contributed by atoms with E-state index in [0.717, 1.165) is 56.6 Å². The van der Waals surface area contributed by atoms with Gasteiger partial charge in [0.05, 0.1) is 16.8 Å². The summed E-state index contributed by atoms with van der Waals surface area (Å²) in [6.45, 7) is 4.83. The van der Waals surface area contributed by atoms with Gasteiger partial charge in [-0.1, -0.05) is 51.3 Å². The highest BCUT2D eigenvalue weighted by molar-refractivity contribution is 6.16.